The molecule has 24 heavy (non-hydrogen) atoms. The number of aromatic amines is 1. The Labute approximate surface area is 132 Å². The minimum Gasteiger partial charge on any atom is -0.497 e. The molecule has 0 aliphatic heterocycles. The topological polar surface area (TPSA) is 143 Å². The second-order valence-electron chi connectivity index (χ2n) is 4.57. The van der Waals surface area contributed by atoms with Crippen molar-refractivity contribution in [3.8, 4) is 16.9 Å². The standard InChI is InChI=1S/C14H10F2N2O6/c1-24-4-2-5(15)7(6(16)3-4)8-9(13(20)21)11(17)18-12(19)10(8)14(22)23/h2-3H,1H3,(H,20,21)(H,22,23)(H3,17,18,19). The van der Waals surface area contributed by atoms with E-state index in [9.17, 15) is 28.3 Å². The highest BCUT2D eigenvalue weighted by molar-refractivity contribution is 6.07. The average Bonchev–Trinajstić information content (AvgIpc) is 2.44. The highest BCUT2D eigenvalue weighted by Crippen LogP contribution is 2.35. The van der Waals surface area contributed by atoms with Gasteiger partial charge in [0.15, 0.2) is 0 Å². The van der Waals surface area contributed by atoms with Gasteiger partial charge < -0.3 is 25.7 Å². The number of aromatic nitrogens is 1. The smallest absolute Gasteiger partial charge is 0.342 e. The first kappa shape index (κ1) is 16.9. The maximum atomic E-state index is 14.3. The maximum Gasteiger partial charge on any atom is 0.342 e. The number of carboxylic acids is 2. The number of aromatic carboxylic acids is 2. The zero-order chi connectivity index (χ0) is 18.2. The number of ether oxygens (including phenoxy) is 1. The molecule has 10 heteroatoms. The number of hydrogen-bond acceptors (Lipinski definition) is 5. The van der Waals surface area contributed by atoms with Crippen molar-refractivity contribution < 1.29 is 33.3 Å². The lowest BCUT2D eigenvalue weighted by Crippen LogP contribution is -2.24. The predicted octanol–water partition coefficient (Wildman–Crippen LogP) is 1.31. The van der Waals surface area contributed by atoms with Gasteiger partial charge in [0.2, 0.25) is 0 Å². The van der Waals surface area contributed by atoms with Crippen LogP contribution >= 0.6 is 0 Å². The molecule has 0 saturated heterocycles. The molecule has 1 heterocycles. The summed E-state index contributed by atoms with van der Waals surface area (Å²) in [6.45, 7) is 0. The molecule has 0 aliphatic carbocycles. The molecule has 126 valence electrons. The van der Waals surface area contributed by atoms with Crippen LogP contribution in [-0.4, -0.2) is 34.2 Å². The predicted molar refractivity (Wildman–Crippen MR) is 77.3 cm³/mol. The van der Waals surface area contributed by atoms with Crippen LogP contribution in [0.1, 0.15) is 20.7 Å². The van der Waals surface area contributed by atoms with E-state index in [1.807, 2.05) is 4.98 Å². The van der Waals surface area contributed by atoms with Gasteiger partial charge in [-0.05, 0) is 0 Å². The van der Waals surface area contributed by atoms with E-state index in [-0.39, 0.29) is 5.75 Å². The fourth-order valence-corrected chi connectivity index (χ4v) is 2.20. The van der Waals surface area contributed by atoms with E-state index in [4.69, 9.17) is 10.8 Å². The number of carboxylic acid groups (broad SMARTS) is 2. The number of H-pyrrole nitrogens is 1. The summed E-state index contributed by atoms with van der Waals surface area (Å²) in [6, 6.07) is 1.43. The largest absolute Gasteiger partial charge is 0.497 e. The Morgan fingerprint density at radius 3 is 2.00 bits per heavy atom. The summed E-state index contributed by atoms with van der Waals surface area (Å²) in [6.07, 6.45) is 0. The molecular weight excluding hydrogens is 330 g/mol. The minimum absolute atomic E-state index is 0.222. The van der Waals surface area contributed by atoms with Crippen molar-refractivity contribution in [1.82, 2.24) is 4.98 Å². The second-order valence-corrected chi connectivity index (χ2v) is 4.57. The summed E-state index contributed by atoms with van der Waals surface area (Å²) < 4.78 is 33.2. The first-order valence-corrected chi connectivity index (χ1v) is 6.24. The number of hydrogen-bond donors (Lipinski definition) is 4. The lowest BCUT2D eigenvalue weighted by atomic mass is 9.94. The Hall–Kier alpha value is -3.43. The minimum atomic E-state index is -1.87. The van der Waals surface area contributed by atoms with Crippen molar-refractivity contribution in [2.24, 2.45) is 0 Å². The van der Waals surface area contributed by atoms with E-state index in [2.05, 4.69) is 4.74 Å². The van der Waals surface area contributed by atoms with E-state index in [0.717, 1.165) is 7.11 Å². The van der Waals surface area contributed by atoms with Crippen LogP contribution in [0.3, 0.4) is 0 Å². The summed E-state index contributed by atoms with van der Waals surface area (Å²) >= 11 is 0. The quantitative estimate of drug-likeness (QED) is 0.657. The number of pyridine rings is 1. The monoisotopic (exact) mass is 340 g/mol. The highest BCUT2D eigenvalue weighted by Gasteiger charge is 2.30. The van der Waals surface area contributed by atoms with Gasteiger partial charge >= 0.3 is 11.9 Å². The van der Waals surface area contributed by atoms with Crippen LogP contribution in [0.5, 0.6) is 5.75 Å². The summed E-state index contributed by atoms with van der Waals surface area (Å²) in [5, 5.41) is 18.4. The fourth-order valence-electron chi connectivity index (χ4n) is 2.20. The Morgan fingerprint density at radius 2 is 1.58 bits per heavy atom. The normalized spacial score (nSPS) is 10.5. The SMILES string of the molecule is COc1cc(F)c(-c2c(C(=O)O)c(N)[nH]c(=O)c2C(=O)O)c(F)c1. The van der Waals surface area contributed by atoms with Crippen LogP contribution in [0, 0.1) is 11.6 Å². The molecule has 0 atom stereocenters. The van der Waals surface area contributed by atoms with Crippen molar-refractivity contribution in [3.05, 3.63) is 45.2 Å². The third-order valence-electron chi connectivity index (χ3n) is 3.17. The third-order valence-corrected chi connectivity index (χ3v) is 3.17. The highest BCUT2D eigenvalue weighted by atomic mass is 19.1. The first-order chi connectivity index (χ1) is 11.2. The van der Waals surface area contributed by atoms with E-state index in [1.54, 1.807) is 0 Å². The fraction of sp³-hybridized carbons (Fsp3) is 0.0714. The number of methoxy groups -OCH3 is 1. The number of anilines is 1. The number of rotatable bonds is 4. The lowest BCUT2D eigenvalue weighted by molar-refractivity contribution is 0.0695. The van der Waals surface area contributed by atoms with E-state index in [0.29, 0.717) is 12.1 Å². The average molecular weight is 340 g/mol. The Kier molecular flexibility index (Phi) is 4.22. The zero-order valence-electron chi connectivity index (χ0n) is 12.0. The summed E-state index contributed by atoms with van der Waals surface area (Å²) in [5.41, 5.74) is 0.0317. The molecule has 1 aromatic carbocycles. The van der Waals surface area contributed by atoms with Gasteiger partial charge in [-0.15, -0.1) is 0 Å². The number of halogens is 2. The van der Waals surface area contributed by atoms with Gasteiger partial charge in [-0.3, -0.25) is 4.79 Å². The van der Waals surface area contributed by atoms with Gasteiger partial charge in [0.05, 0.1) is 12.7 Å². The molecular formula is C14H10F2N2O6. The summed E-state index contributed by atoms with van der Waals surface area (Å²) in [4.78, 5) is 36.4. The molecule has 0 spiro atoms. The van der Waals surface area contributed by atoms with Crippen LogP contribution in [0.4, 0.5) is 14.6 Å². The van der Waals surface area contributed by atoms with Crippen LogP contribution in [0.2, 0.25) is 0 Å². The molecule has 0 amide bonds. The van der Waals surface area contributed by atoms with Crippen LogP contribution in [0.25, 0.3) is 11.1 Å². The number of nitrogens with two attached hydrogens (primary N) is 1. The van der Waals surface area contributed by atoms with Gasteiger partial charge in [-0.25, -0.2) is 18.4 Å². The molecule has 5 N–H and O–H groups in total. The van der Waals surface area contributed by atoms with Crippen LogP contribution in [0.15, 0.2) is 16.9 Å². The number of nitrogen functional groups attached to an aromatic ring is 1. The second kappa shape index (κ2) is 5.99. The zero-order valence-corrected chi connectivity index (χ0v) is 12.0. The van der Waals surface area contributed by atoms with E-state index >= 15 is 0 Å². The molecule has 8 nitrogen and oxygen atoms in total. The molecule has 0 unspecified atom stereocenters. The number of carbonyl (C=O) groups is 2. The summed E-state index contributed by atoms with van der Waals surface area (Å²) in [7, 11) is 1.14. The van der Waals surface area contributed by atoms with Crippen molar-refractivity contribution in [2.75, 3.05) is 12.8 Å². The van der Waals surface area contributed by atoms with Gasteiger partial charge in [-0.1, -0.05) is 0 Å². The Bertz CT molecular complexity index is 899. The van der Waals surface area contributed by atoms with Crippen LogP contribution < -0.4 is 16.0 Å². The molecule has 2 rings (SSSR count). The van der Waals surface area contributed by atoms with Crippen molar-refractivity contribution in [2.45, 2.75) is 0 Å². The molecule has 0 saturated carbocycles. The van der Waals surface area contributed by atoms with Gasteiger partial charge in [0.1, 0.15) is 34.3 Å². The van der Waals surface area contributed by atoms with Gasteiger partial charge in [-0.2, -0.15) is 0 Å². The maximum absolute atomic E-state index is 14.3. The third kappa shape index (κ3) is 2.64. The molecule has 0 fully saturated rings. The molecule has 0 bridgehead atoms. The van der Waals surface area contributed by atoms with Gasteiger partial charge in [0, 0.05) is 17.7 Å². The van der Waals surface area contributed by atoms with Crippen molar-refractivity contribution in [1.29, 1.82) is 0 Å². The van der Waals surface area contributed by atoms with Gasteiger partial charge in [0.25, 0.3) is 5.56 Å². The molecule has 1 aromatic heterocycles. The summed E-state index contributed by atoms with van der Waals surface area (Å²) in [5.74, 6) is -7.23. The first-order valence-electron chi connectivity index (χ1n) is 6.24. The number of benzene rings is 1. The van der Waals surface area contributed by atoms with Crippen molar-refractivity contribution in [3.63, 3.8) is 0 Å². The van der Waals surface area contributed by atoms with Crippen molar-refractivity contribution >= 4 is 17.8 Å². The molecule has 0 radical (unpaired) electrons. The lowest BCUT2D eigenvalue weighted by Gasteiger charge is -2.14. The van der Waals surface area contributed by atoms with E-state index < -0.39 is 57.2 Å². The molecule has 2 aromatic rings. The number of nitrogens with one attached hydrogen (secondary N) is 1. The Morgan fingerprint density at radius 1 is 1.08 bits per heavy atom. The van der Waals surface area contributed by atoms with E-state index in [1.165, 1.54) is 0 Å². The molecule has 0 aliphatic rings. The Balaban J connectivity index is 3.06. The van der Waals surface area contributed by atoms with Crippen LogP contribution in [-0.2, 0) is 0 Å².